The fourth-order valence-electron chi connectivity index (χ4n) is 2.41. The first-order valence-electron chi connectivity index (χ1n) is 6.11. The third kappa shape index (κ3) is 3.82. The van der Waals surface area contributed by atoms with E-state index in [0.717, 1.165) is 17.6 Å². The van der Waals surface area contributed by atoms with Gasteiger partial charge in [0, 0.05) is 11.8 Å². The summed E-state index contributed by atoms with van der Waals surface area (Å²) in [6.45, 7) is 4.53. The SMILES string of the molecule is CCSCC(N)C1CCC(CC)CC1. The first-order chi connectivity index (χ1) is 6.77. The molecular weight excluding hydrogens is 190 g/mol. The molecule has 84 valence electrons. The normalized spacial score (nSPS) is 30.2. The molecule has 0 aliphatic heterocycles. The van der Waals surface area contributed by atoms with Gasteiger partial charge in [0.2, 0.25) is 0 Å². The molecule has 0 bridgehead atoms. The second-order valence-electron chi connectivity index (χ2n) is 4.51. The van der Waals surface area contributed by atoms with Crippen molar-refractivity contribution in [2.24, 2.45) is 17.6 Å². The van der Waals surface area contributed by atoms with Gasteiger partial charge >= 0.3 is 0 Å². The van der Waals surface area contributed by atoms with Gasteiger partial charge < -0.3 is 5.73 Å². The van der Waals surface area contributed by atoms with E-state index in [9.17, 15) is 0 Å². The Hall–Kier alpha value is 0.310. The standard InChI is InChI=1S/C12H25NS/c1-3-10-5-7-11(8-6-10)12(13)9-14-4-2/h10-12H,3-9,13H2,1-2H3. The summed E-state index contributed by atoms with van der Waals surface area (Å²) in [5.41, 5.74) is 6.20. The second kappa shape index (κ2) is 6.73. The molecule has 1 aliphatic rings. The summed E-state index contributed by atoms with van der Waals surface area (Å²) in [5, 5.41) is 0. The molecule has 1 unspecified atom stereocenters. The molecule has 2 N–H and O–H groups in total. The maximum Gasteiger partial charge on any atom is 0.0158 e. The molecule has 0 spiro atoms. The maximum absolute atomic E-state index is 6.20. The Morgan fingerprint density at radius 1 is 1.21 bits per heavy atom. The summed E-state index contributed by atoms with van der Waals surface area (Å²) >= 11 is 1.99. The molecule has 0 radical (unpaired) electrons. The highest BCUT2D eigenvalue weighted by Gasteiger charge is 2.24. The lowest BCUT2D eigenvalue weighted by atomic mass is 9.78. The molecule has 1 fully saturated rings. The summed E-state index contributed by atoms with van der Waals surface area (Å²) in [4.78, 5) is 0. The Labute approximate surface area is 93.2 Å². The molecule has 0 aromatic rings. The van der Waals surface area contributed by atoms with Gasteiger partial charge in [-0.2, -0.15) is 11.8 Å². The van der Waals surface area contributed by atoms with Crippen LogP contribution in [-0.2, 0) is 0 Å². The number of nitrogens with two attached hydrogens (primary N) is 1. The largest absolute Gasteiger partial charge is 0.327 e. The van der Waals surface area contributed by atoms with Gasteiger partial charge in [-0.25, -0.2) is 0 Å². The van der Waals surface area contributed by atoms with Crippen LogP contribution in [-0.4, -0.2) is 17.5 Å². The van der Waals surface area contributed by atoms with E-state index in [4.69, 9.17) is 5.73 Å². The third-order valence-corrected chi connectivity index (χ3v) is 4.62. The van der Waals surface area contributed by atoms with Gasteiger partial charge in [-0.3, -0.25) is 0 Å². The lowest BCUT2D eigenvalue weighted by Gasteiger charge is -2.31. The van der Waals surface area contributed by atoms with Crippen LogP contribution in [0.1, 0.15) is 46.0 Å². The lowest BCUT2D eigenvalue weighted by molar-refractivity contribution is 0.247. The molecule has 0 amide bonds. The lowest BCUT2D eigenvalue weighted by Crippen LogP contribution is -2.35. The Morgan fingerprint density at radius 3 is 2.36 bits per heavy atom. The van der Waals surface area contributed by atoms with E-state index in [1.54, 1.807) is 0 Å². The molecule has 1 aliphatic carbocycles. The summed E-state index contributed by atoms with van der Waals surface area (Å²) in [7, 11) is 0. The molecule has 1 saturated carbocycles. The van der Waals surface area contributed by atoms with Gasteiger partial charge in [0.15, 0.2) is 0 Å². The van der Waals surface area contributed by atoms with Crippen LogP contribution < -0.4 is 5.73 Å². The van der Waals surface area contributed by atoms with E-state index in [1.165, 1.54) is 37.9 Å². The molecule has 0 aromatic carbocycles. The van der Waals surface area contributed by atoms with E-state index in [1.807, 2.05) is 11.8 Å². The molecule has 0 aromatic heterocycles. The summed E-state index contributed by atoms with van der Waals surface area (Å²) in [6, 6.07) is 0.456. The van der Waals surface area contributed by atoms with E-state index >= 15 is 0 Å². The van der Waals surface area contributed by atoms with Crippen molar-refractivity contribution in [3.8, 4) is 0 Å². The van der Waals surface area contributed by atoms with Crippen molar-refractivity contribution >= 4 is 11.8 Å². The van der Waals surface area contributed by atoms with Crippen LogP contribution in [0, 0.1) is 11.8 Å². The quantitative estimate of drug-likeness (QED) is 0.761. The van der Waals surface area contributed by atoms with Crippen LogP contribution in [0.4, 0.5) is 0 Å². The zero-order chi connectivity index (χ0) is 10.4. The van der Waals surface area contributed by atoms with Crippen LogP contribution in [0.5, 0.6) is 0 Å². The Kier molecular flexibility index (Phi) is 5.95. The van der Waals surface area contributed by atoms with Gasteiger partial charge in [0.1, 0.15) is 0 Å². The number of thioether (sulfide) groups is 1. The summed E-state index contributed by atoms with van der Waals surface area (Å²) in [5.74, 6) is 4.19. The van der Waals surface area contributed by atoms with Gasteiger partial charge in [0.05, 0.1) is 0 Å². The van der Waals surface area contributed by atoms with Crippen LogP contribution in [0.3, 0.4) is 0 Å². The molecule has 0 saturated heterocycles. The molecule has 2 heteroatoms. The van der Waals surface area contributed by atoms with E-state index in [0.29, 0.717) is 6.04 Å². The monoisotopic (exact) mass is 215 g/mol. The van der Waals surface area contributed by atoms with Gasteiger partial charge in [-0.05, 0) is 30.4 Å². The highest BCUT2D eigenvalue weighted by Crippen LogP contribution is 2.32. The van der Waals surface area contributed by atoms with Crippen molar-refractivity contribution in [1.82, 2.24) is 0 Å². The van der Waals surface area contributed by atoms with Crippen LogP contribution in [0.25, 0.3) is 0 Å². The molecule has 14 heavy (non-hydrogen) atoms. The zero-order valence-electron chi connectivity index (χ0n) is 9.67. The van der Waals surface area contributed by atoms with Crippen LogP contribution in [0.2, 0.25) is 0 Å². The first kappa shape index (κ1) is 12.4. The second-order valence-corrected chi connectivity index (χ2v) is 5.83. The van der Waals surface area contributed by atoms with Crippen LogP contribution in [0.15, 0.2) is 0 Å². The molecule has 1 atom stereocenters. The number of hydrogen-bond donors (Lipinski definition) is 1. The van der Waals surface area contributed by atoms with Crippen molar-refractivity contribution in [3.63, 3.8) is 0 Å². The highest BCUT2D eigenvalue weighted by molar-refractivity contribution is 7.99. The van der Waals surface area contributed by atoms with E-state index < -0.39 is 0 Å². The van der Waals surface area contributed by atoms with Crippen molar-refractivity contribution in [1.29, 1.82) is 0 Å². The van der Waals surface area contributed by atoms with Gasteiger partial charge in [-0.1, -0.05) is 33.1 Å². The first-order valence-corrected chi connectivity index (χ1v) is 7.26. The Balaban J connectivity index is 2.19. The van der Waals surface area contributed by atoms with Crippen molar-refractivity contribution in [2.45, 2.75) is 52.0 Å². The smallest absolute Gasteiger partial charge is 0.0158 e. The van der Waals surface area contributed by atoms with Gasteiger partial charge in [0.25, 0.3) is 0 Å². The van der Waals surface area contributed by atoms with Crippen molar-refractivity contribution in [2.75, 3.05) is 11.5 Å². The highest BCUT2D eigenvalue weighted by atomic mass is 32.2. The molecule has 1 rings (SSSR count). The average molecular weight is 215 g/mol. The third-order valence-electron chi connectivity index (χ3n) is 3.59. The van der Waals surface area contributed by atoms with E-state index in [-0.39, 0.29) is 0 Å². The summed E-state index contributed by atoms with van der Waals surface area (Å²) < 4.78 is 0. The minimum Gasteiger partial charge on any atom is -0.327 e. The summed E-state index contributed by atoms with van der Waals surface area (Å²) in [6.07, 6.45) is 6.97. The minimum absolute atomic E-state index is 0.456. The fourth-order valence-corrected chi connectivity index (χ4v) is 3.19. The van der Waals surface area contributed by atoms with Crippen molar-refractivity contribution in [3.05, 3.63) is 0 Å². The van der Waals surface area contributed by atoms with Crippen LogP contribution >= 0.6 is 11.8 Å². The number of rotatable bonds is 5. The molecule has 0 heterocycles. The van der Waals surface area contributed by atoms with E-state index in [2.05, 4.69) is 13.8 Å². The Bertz CT molecular complexity index is 141. The zero-order valence-corrected chi connectivity index (χ0v) is 10.5. The fraction of sp³-hybridized carbons (Fsp3) is 1.00. The predicted octanol–water partition coefficient (Wildman–Crippen LogP) is 3.28. The average Bonchev–Trinajstić information content (AvgIpc) is 2.26. The maximum atomic E-state index is 6.20. The molecular formula is C12H25NS. The molecule has 1 nitrogen and oxygen atoms in total. The topological polar surface area (TPSA) is 26.0 Å². The minimum atomic E-state index is 0.456. The van der Waals surface area contributed by atoms with Gasteiger partial charge in [-0.15, -0.1) is 0 Å². The predicted molar refractivity (Wildman–Crippen MR) is 66.7 cm³/mol. The Morgan fingerprint density at radius 2 is 1.86 bits per heavy atom. The van der Waals surface area contributed by atoms with Crippen molar-refractivity contribution < 1.29 is 0 Å². The number of hydrogen-bond acceptors (Lipinski definition) is 2.